The maximum Gasteiger partial charge on any atom is 0.416 e. The van der Waals surface area contributed by atoms with Crippen LogP contribution in [0.4, 0.5) is 18.9 Å². The Hall–Kier alpha value is -4.19. The number of halogens is 3. The first-order valence-corrected chi connectivity index (χ1v) is 12.3. The highest BCUT2D eigenvalue weighted by atomic mass is 32.2. The number of nitro groups is 1. The van der Waals surface area contributed by atoms with Crippen molar-refractivity contribution < 1.29 is 22.9 Å². The van der Waals surface area contributed by atoms with Crippen LogP contribution < -0.4 is 5.32 Å². The van der Waals surface area contributed by atoms with Crippen LogP contribution in [-0.4, -0.2) is 25.6 Å². The lowest BCUT2D eigenvalue weighted by molar-refractivity contribution is -0.385. The molecule has 0 unspecified atom stereocenters. The third-order valence-corrected chi connectivity index (χ3v) is 6.68. The van der Waals surface area contributed by atoms with Gasteiger partial charge in [-0.1, -0.05) is 42.1 Å². The molecule has 12 heteroatoms. The number of carbonyl (C=O) groups excluding carboxylic acids is 1. The van der Waals surface area contributed by atoms with Crippen LogP contribution in [0.2, 0.25) is 0 Å². The molecule has 1 heterocycles. The van der Waals surface area contributed by atoms with Crippen molar-refractivity contribution in [3.05, 3.63) is 110 Å². The maximum atomic E-state index is 12.9. The Morgan fingerprint density at radius 1 is 1.05 bits per heavy atom. The first-order valence-electron chi connectivity index (χ1n) is 11.4. The van der Waals surface area contributed by atoms with Crippen LogP contribution in [0, 0.1) is 24.0 Å². The van der Waals surface area contributed by atoms with E-state index < -0.39 is 22.6 Å². The summed E-state index contributed by atoms with van der Waals surface area (Å²) in [6, 6.07) is 16.7. The predicted octanol–water partition coefficient (Wildman–Crippen LogP) is 6.03. The summed E-state index contributed by atoms with van der Waals surface area (Å²) in [5.41, 5.74) is 2.13. The molecule has 0 aliphatic rings. The summed E-state index contributed by atoms with van der Waals surface area (Å²) < 4.78 is 40.4. The van der Waals surface area contributed by atoms with Crippen molar-refractivity contribution >= 4 is 23.4 Å². The maximum absolute atomic E-state index is 12.9. The average Bonchev–Trinajstić information content (AvgIpc) is 3.28. The van der Waals surface area contributed by atoms with Gasteiger partial charge in [0.05, 0.1) is 17.0 Å². The molecule has 0 radical (unpaired) electrons. The Balaban J connectivity index is 1.55. The standard InChI is InChI=1S/C26H22F3N5O3S/c1-16-4-3-5-21(12-16)33-23(14-30-24(35)19-9-6-17(2)22(13-19)34(36)37)31-32-25(33)38-15-18-7-10-20(11-8-18)26(27,28)29/h3-13H,14-15H2,1-2H3,(H,30,35). The van der Waals surface area contributed by atoms with Crippen molar-refractivity contribution in [3.8, 4) is 5.69 Å². The van der Waals surface area contributed by atoms with Gasteiger partial charge in [0, 0.05) is 28.6 Å². The van der Waals surface area contributed by atoms with Crippen molar-refractivity contribution in [2.24, 2.45) is 0 Å². The van der Waals surface area contributed by atoms with Gasteiger partial charge < -0.3 is 5.32 Å². The summed E-state index contributed by atoms with van der Waals surface area (Å²) in [5.74, 6) is 0.257. The normalized spacial score (nSPS) is 11.4. The van der Waals surface area contributed by atoms with Gasteiger partial charge in [-0.3, -0.25) is 19.5 Å². The molecule has 4 rings (SSSR count). The van der Waals surface area contributed by atoms with Crippen molar-refractivity contribution in [3.63, 3.8) is 0 Å². The van der Waals surface area contributed by atoms with Gasteiger partial charge in [0.25, 0.3) is 11.6 Å². The number of aromatic nitrogens is 3. The largest absolute Gasteiger partial charge is 0.416 e. The minimum absolute atomic E-state index is 0.0116. The molecule has 1 amide bonds. The number of carbonyl (C=O) groups is 1. The van der Waals surface area contributed by atoms with E-state index in [9.17, 15) is 28.1 Å². The van der Waals surface area contributed by atoms with Crippen molar-refractivity contribution in [1.82, 2.24) is 20.1 Å². The molecule has 1 aromatic heterocycles. The molecule has 0 atom stereocenters. The van der Waals surface area contributed by atoms with E-state index in [-0.39, 0.29) is 17.8 Å². The predicted molar refractivity (Wildman–Crippen MR) is 136 cm³/mol. The molecule has 3 aromatic carbocycles. The van der Waals surface area contributed by atoms with Gasteiger partial charge in [0.15, 0.2) is 11.0 Å². The van der Waals surface area contributed by atoms with Crippen LogP contribution in [0.5, 0.6) is 0 Å². The van der Waals surface area contributed by atoms with Gasteiger partial charge in [-0.15, -0.1) is 10.2 Å². The molecule has 0 spiro atoms. The lowest BCUT2D eigenvalue weighted by atomic mass is 10.1. The third kappa shape index (κ3) is 6.20. The van der Waals surface area contributed by atoms with E-state index in [1.807, 2.05) is 31.2 Å². The van der Waals surface area contributed by atoms with Crippen LogP contribution in [0.15, 0.2) is 71.9 Å². The molecule has 0 aliphatic carbocycles. The van der Waals surface area contributed by atoms with Gasteiger partial charge in [-0.05, 0) is 55.3 Å². The molecule has 38 heavy (non-hydrogen) atoms. The monoisotopic (exact) mass is 541 g/mol. The summed E-state index contributed by atoms with van der Waals surface area (Å²) in [7, 11) is 0. The van der Waals surface area contributed by atoms with Crippen LogP contribution in [0.3, 0.4) is 0 Å². The Morgan fingerprint density at radius 2 is 1.79 bits per heavy atom. The number of nitro benzene ring substituents is 1. The number of rotatable bonds is 8. The highest BCUT2D eigenvalue weighted by Gasteiger charge is 2.30. The van der Waals surface area contributed by atoms with Crippen molar-refractivity contribution in [2.75, 3.05) is 0 Å². The molecule has 0 aliphatic heterocycles. The fourth-order valence-electron chi connectivity index (χ4n) is 3.68. The van der Waals surface area contributed by atoms with Crippen LogP contribution in [-0.2, 0) is 18.5 Å². The molecule has 0 bridgehead atoms. The van der Waals surface area contributed by atoms with Gasteiger partial charge in [0.1, 0.15) is 0 Å². The smallest absolute Gasteiger partial charge is 0.345 e. The van der Waals surface area contributed by atoms with E-state index in [4.69, 9.17) is 0 Å². The SMILES string of the molecule is Cc1cccc(-n2c(CNC(=O)c3ccc(C)c([N+](=O)[O-])c3)nnc2SCc2ccc(C(F)(F)F)cc2)c1. The molecular weight excluding hydrogens is 519 g/mol. The second kappa shape index (κ2) is 11.1. The number of hydrogen-bond donors (Lipinski definition) is 1. The van der Waals surface area contributed by atoms with Gasteiger partial charge in [0.2, 0.25) is 0 Å². The minimum atomic E-state index is -4.40. The third-order valence-electron chi connectivity index (χ3n) is 5.68. The zero-order valence-corrected chi connectivity index (χ0v) is 21.1. The topological polar surface area (TPSA) is 103 Å². The lowest BCUT2D eigenvalue weighted by Gasteiger charge is -2.12. The van der Waals surface area contributed by atoms with Crippen molar-refractivity contribution in [2.45, 2.75) is 37.5 Å². The Bertz CT molecular complexity index is 1490. The number of nitrogens with one attached hydrogen (secondary N) is 1. The van der Waals surface area contributed by atoms with Gasteiger partial charge in [-0.2, -0.15) is 13.2 Å². The fourth-order valence-corrected chi connectivity index (χ4v) is 4.61. The Labute approximate surface area is 220 Å². The lowest BCUT2D eigenvalue weighted by Crippen LogP contribution is -2.24. The van der Waals surface area contributed by atoms with Crippen molar-refractivity contribution in [1.29, 1.82) is 0 Å². The Kier molecular flexibility index (Phi) is 7.81. The summed E-state index contributed by atoms with van der Waals surface area (Å²) >= 11 is 1.29. The summed E-state index contributed by atoms with van der Waals surface area (Å²) in [6.45, 7) is 3.50. The highest BCUT2D eigenvalue weighted by molar-refractivity contribution is 7.98. The first kappa shape index (κ1) is 26.9. The van der Waals surface area contributed by atoms with Crippen LogP contribution in [0.25, 0.3) is 5.69 Å². The van der Waals surface area contributed by atoms with E-state index in [1.165, 1.54) is 42.1 Å². The second-order valence-corrected chi connectivity index (χ2v) is 9.44. The van der Waals surface area contributed by atoms with Gasteiger partial charge in [-0.25, -0.2) is 0 Å². The number of benzene rings is 3. The highest BCUT2D eigenvalue weighted by Crippen LogP contribution is 2.31. The molecule has 0 saturated carbocycles. The molecule has 0 fully saturated rings. The fraction of sp³-hybridized carbons (Fsp3) is 0.192. The van der Waals surface area contributed by atoms with Gasteiger partial charge >= 0.3 is 6.18 Å². The summed E-state index contributed by atoms with van der Waals surface area (Å²) in [5, 5.41) is 22.9. The average molecular weight is 542 g/mol. The number of alkyl halides is 3. The zero-order valence-electron chi connectivity index (χ0n) is 20.3. The number of aryl methyl sites for hydroxylation is 2. The van der Waals surface area contributed by atoms with E-state index in [2.05, 4.69) is 15.5 Å². The number of amides is 1. The minimum Gasteiger partial charge on any atom is -0.345 e. The van der Waals surface area contributed by atoms with E-state index in [1.54, 1.807) is 11.5 Å². The van der Waals surface area contributed by atoms with E-state index >= 15 is 0 Å². The summed E-state index contributed by atoms with van der Waals surface area (Å²) in [4.78, 5) is 23.4. The first-order chi connectivity index (χ1) is 18.0. The number of hydrogen-bond acceptors (Lipinski definition) is 6. The summed E-state index contributed by atoms with van der Waals surface area (Å²) in [6.07, 6.45) is -4.40. The molecule has 4 aromatic rings. The molecular formula is C26H22F3N5O3S. The van der Waals surface area contributed by atoms with Crippen LogP contribution >= 0.6 is 11.8 Å². The quantitative estimate of drug-likeness (QED) is 0.166. The van der Waals surface area contributed by atoms with E-state index in [0.717, 1.165) is 23.4 Å². The Morgan fingerprint density at radius 3 is 2.45 bits per heavy atom. The zero-order chi connectivity index (χ0) is 27.4. The molecule has 196 valence electrons. The number of thioether (sulfide) groups is 1. The number of nitrogens with zero attached hydrogens (tertiary/aromatic N) is 4. The molecule has 0 saturated heterocycles. The van der Waals surface area contributed by atoms with Crippen LogP contribution in [0.1, 0.15) is 38.4 Å². The molecule has 1 N–H and O–H groups in total. The molecule has 8 nitrogen and oxygen atoms in total. The van der Waals surface area contributed by atoms with E-state index in [0.29, 0.717) is 27.9 Å². The second-order valence-electron chi connectivity index (χ2n) is 8.50.